The summed E-state index contributed by atoms with van der Waals surface area (Å²) in [5.41, 5.74) is 1.65. The molecule has 5 heteroatoms. The summed E-state index contributed by atoms with van der Waals surface area (Å²) in [5.74, 6) is 0.940. The Morgan fingerprint density at radius 2 is 2.14 bits per heavy atom. The molecule has 0 radical (unpaired) electrons. The van der Waals surface area contributed by atoms with E-state index in [1.54, 1.807) is 12.1 Å². The molecular formula is C16H21ClFN3. The van der Waals surface area contributed by atoms with Gasteiger partial charge < -0.3 is 9.47 Å². The number of aromatic nitrogens is 2. The van der Waals surface area contributed by atoms with E-state index < -0.39 is 0 Å². The van der Waals surface area contributed by atoms with Crippen LogP contribution in [0.2, 0.25) is 0 Å². The van der Waals surface area contributed by atoms with Crippen LogP contribution in [0.5, 0.6) is 0 Å². The van der Waals surface area contributed by atoms with Gasteiger partial charge in [0.1, 0.15) is 11.6 Å². The lowest BCUT2D eigenvalue weighted by atomic mass is 10.2. The molecule has 1 aromatic carbocycles. The molecule has 0 spiro atoms. The molecule has 0 atom stereocenters. The van der Waals surface area contributed by atoms with Crippen molar-refractivity contribution in [1.82, 2.24) is 14.5 Å². The first kappa shape index (κ1) is 14.8. The van der Waals surface area contributed by atoms with Crippen molar-refractivity contribution in [3.63, 3.8) is 0 Å². The second-order valence-electron chi connectivity index (χ2n) is 5.87. The fourth-order valence-electron chi connectivity index (χ4n) is 3.28. The number of hydrogen-bond donors (Lipinski definition) is 0. The first-order valence-electron chi connectivity index (χ1n) is 7.60. The summed E-state index contributed by atoms with van der Waals surface area (Å²) in [5, 5.41) is 0. The molecule has 0 N–H and O–H groups in total. The highest BCUT2D eigenvalue weighted by molar-refractivity contribution is 6.16. The molecule has 3 nitrogen and oxygen atoms in total. The Labute approximate surface area is 129 Å². The van der Waals surface area contributed by atoms with Crippen LogP contribution in [0.4, 0.5) is 4.39 Å². The summed E-state index contributed by atoms with van der Waals surface area (Å²) in [6.45, 7) is 1.74. The van der Waals surface area contributed by atoms with Crippen molar-refractivity contribution in [3.8, 4) is 0 Å². The molecule has 1 heterocycles. The van der Waals surface area contributed by atoms with Gasteiger partial charge >= 0.3 is 0 Å². The molecule has 0 aliphatic heterocycles. The first-order chi connectivity index (χ1) is 10.2. The number of halogens is 2. The van der Waals surface area contributed by atoms with Gasteiger partial charge in [-0.3, -0.25) is 0 Å². The zero-order chi connectivity index (χ0) is 14.8. The van der Waals surface area contributed by atoms with Crippen LogP contribution in [0.3, 0.4) is 0 Å². The summed E-state index contributed by atoms with van der Waals surface area (Å²) >= 11 is 6.00. The smallest absolute Gasteiger partial charge is 0.125 e. The predicted octanol–water partition coefficient (Wildman–Crippen LogP) is 3.79. The van der Waals surface area contributed by atoms with E-state index in [0.29, 0.717) is 11.9 Å². The minimum Gasteiger partial charge on any atom is -0.326 e. The van der Waals surface area contributed by atoms with E-state index in [0.717, 1.165) is 29.9 Å². The Morgan fingerprint density at radius 3 is 2.86 bits per heavy atom. The Morgan fingerprint density at radius 1 is 1.38 bits per heavy atom. The van der Waals surface area contributed by atoms with Crippen molar-refractivity contribution in [3.05, 3.63) is 29.8 Å². The average molecular weight is 310 g/mol. The molecule has 1 fully saturated rings. The van der Waals surface area contributed by atoms with Crippen LogP contribution < -0.4 is 0 Å². The molecule has 1 aliphatic rings. The van der Waals surface area contributed by atoms with E-state index >= 15 is 0 Å². The van der Waals surface area contributed by atoms with Crippen LogP contribution in [0.25, 0.3) is 11.0 Å². The minimum atomic E-state index is -0.228. The van der Waals surface area contributed by atoms with Gasteiger partial charge in [0.05, 0.1) is 16.9 Å². The number of imidazole rings is 1. The number of benzene rings is 1. The topological polar surface area (TPSA) is 21.1 Å². The lowest BCUT2D eigenvalue weighted by Gasteiger charge is -2.24. The van der Waals surface area contributed by atoms with Crippen molar-refractivity contribution < 1.29 is 4.39 Å². The SMILES string of the molecule is CN(CCn1c(CCl)nc2ccc(F)cc21)C1CCCC1. The van der Waals surface area contributed by atoms with Gasteiger partial charge in [-0.15, -0.1) is 11.6 Å². The van der Waals surface area contributed by atoms with Gasteiger partial charge in [0.25, 0.3) is 0 Å². The lowest BCUT2D eigenvalue weighted by Crippen LogP contribution is -2.32. The first-order valence-corrected chi connectivity index (χ1v) is 8.13. The summed E-state index contributed by atoms with van der Waals surface area (Å²) in [4.78, 5) is 6.91. The molecule has 1 saturated carbocycles. The fraction of sp³-hybridized carbons (Fsp3) is 0.562. The number of alkyl halides is 1. The molecule has 0 saturated heterocycles. The van der Waals surface area contributed by atoms with Crippen molar-refractivity contribution in [1.29, 1.82) is 0 Å². The molecule has 3 rings (SSSR count). The molecule has 0 amide bonds. The molecule has 1 aromatic heterocycles. The van der Waals surface area contributed by atoms with Crippen molar-refractivity contribution in [2.45, 2.75) is 44.1 Å². The van der Waals surface area contributed by atoms with Crippen molar-refractivity contribution in [2.24, 2.45) is 0 Å². The summed E-state index contributed by atoms with van der Waals surface area (Å²) in [6, 6.07) is 5.41. The van der Waals surface area contributed by atoms with Gasteiger partial charge in [-0.05, 0) is 38.1 Å². The molecule has 0 unspecified atom stereocenters. The van der Waals surface area contributed by atoms with Gasteiger partial charge in [0.2, 0.25) is 0 Å². The highest BCUT2D eigenvalue weighted by Gasteiger charge is 2.20. The summed E-state index contributed by atoms with van der Waals surface area (Å²) in [7, 11) is 2.18. The summed E-state index contributed by atoms with van der Waals surface area (Å²) in [6.07, 6.45) is 5.25. The van der Waals surface area contributed by atoms with Crippen LogP contribution in [-0.4, -0.2) is 34.1 Å². The lowest BCUT2D eigenvalue weighted by molar-refractivity contribution is 0.236. The Kier molecular flexibility index (Phi) is 4.45. The molecule has 114 valence electrons. The van der Waals surface area contributed by atoms with E-state index in [9.17, 15) is 4.39 Å². The van der Waals surface area contributed by atoms with Gasteiger partial charge in [0.15, 0.2) is 0 Å². The molecular weight excluding hydrogens is 289 g/mol. The predicted molar refractivity (Wildman–Crippen MR) is 84.1 cm³/mol. The van der Waals surface area contributed by atoms with E-state index in [-0.39, 0.29) is 5.82 Å². The minimum absolute atomic E-state index is 0.228. The Hall–Kier alpha value is -1.13. The quantitative estimate of drug-likeness (QED) is 0.784. The normalized spacial score (nSPS) is 16.4. The zero-order valence-corrected chi connectivity index (χ0v) is 13.1. The third kappa shape index (κ3) is 3.06. The largest absolute Gasteiger partial charge is 0.326 e. The van der Waals surface area contributed by atoms with E-state index in [2.05, 4.69) is 21.5 Å². The molecule has 0 bridgehead atoms. The standard InChI is InChI=1S/C16H21ClFN3/c1-20(13-4-2-3-5-13)8-9-21-15-10-12(18)6-7-14(15)19-16(21)11-17/h6-7,10,13H,2-5,8-9,11H2,1H3. The zero-order valence-electron chi connectivity index (χ0n) is 12.4. The number of hydrogen-bond acceptors (Lipinski definition) is 2. The number of fused-ring (bicyclic) bond motifs is 1. The van der Waals surface area contributed by atoms with Crippen molar-refractivity contribution >= 4 is 22.6 Å². The van der Waals surface area contributed by atoms with Crippen LogP contribution in [0.1, 0.15) is 31.5 Å². The number of likely N-dealkylation sites (N-methyl/N-ethyl adjacent to an activating group) is 1. The number of rotatable bonds is 5. The second kappa shape index (κ2) is 6.32. The highest BCUT2D eigenvalue weighted by atomic mass is 35.5. The molecule has 21 heavy (non-hydrogen) atoms. The van der Waals surface area contributed by atoms with Gasteiger partial charge in [0, 0.05) is 19.1 Å². The summed E-state index contributed by atoms with van der Waals surface area (Å²) < 4.78 is 15.5. The molecule has 2 aromatic rings. The Balaban J connectivity index is 1.80. The third-order valence-electron chi connectivity index (χ3n) is 4.53. The fourth-order valence-corrected chi connectivity index (χ4v) is 3.49. The highest BCUT2D eigenvalue weighted by Crippen LogP contribution is 2.23. The van der Waals surface area contributed by atoms with Crippen LogP contribution >= 0.6 is 11.6 Å². The number of nitrogens with zero attached hydrogens (tertiary/aromatic N) is 3. The van der Waals surface area contributed by atoms with E-state index in [1.807, 2.05) is 0 Å². The van der Waals surface area contributed by atoms with Crippen LogP contribution in [-0.2, 0) is 12.4 Å². The van der Waals surface area contributed by atoms with E-state index in [4.69, 9.17) is 11.6 Å². The van der Waals surface area contributed by atoms with Crippen LogP contribution in [0.15, 0.2) is 18.2 Å². The third-order valence-corrected chi connectivity index (χ3v) is 4.77. The maximum atomic E-state index is 13.5. The van der Waals surface area contributed by atoms with Gasteiger partial charge in [-0.25, -0.2) is 9.37 Å². The van der Waals surface area contributed by atoms with Gasteiger partial charge in [-0.1, -0.05) is 12.8 Å². The van der Waals surface area contributed by atoms with Crippen LogP contribution in [0, 0.1) is 5.82 Å². The average Bonchev–Trinajstić information content (AvgIpc) is 3.12. The Bertz CT molecular complexity index is 619. The maximum absolute atomic E-state index is 13.5. The monoisotopic (exact) mass is 309 g/mol. The molecule has 1 aliphatic carbocycles. The van der Waals surface area contributed by atoms with Crippen molar-refractivity contribution in [2.75, 3.05) is 13.6 Å². The van der Waals surface area contributed by atoms with E-state index in [1.165, 1.54) is 31.7 Å². The second-order valence-corrected chi connectivity index (χ2v) is 6.13. The maximum Gasteiger partial charge on any atom is 0.125 e. The van der Waals surface area contributed by atoms with Gasteiger partial charge in [-0.2, -0.15) is 0 Å².